The Balaban J connectivity index is 1.97. The molecule has 20 heavy (non-hydrogen) atoms. The van der Waals surface area contributed by atoms with Crippen LogP contribution >= 0.6 is 22.9 Å². The maximum absolute atomic E-state index is 12.7. The van der Waals surface area contributed by atoms with Gasteiger partial charge in [-0.2, -0.15) is 4.31 Å². The van der Waals surface area contributed by atoms with Gasteiger partial charge in [0.05, 0.1) is 5.69 Å². The van der Waals surface area contributed by atoms with E-state index in [1.54, 1.807) is 17.4 Å². The first-order valence-electron chi connectivity index (χ1n) is 6.09. The molecule has 1 aliphatic rings. The highest BCUT2D eigenvalue weighted by Crippen LogP contribution is 2.30. The maximum atomic E-state index is 12.7. The number of thiophene rings is 1. The van der Waals surface area contributed by atoms with Crippen molar-refractivity contribution in [3.8, 4) is 0 Å². The number of halogens is 1. The summed E-state index contributed by atoms with van der Waals surface area (Å²) in [5.74, 6) is 0. The summed E-state index contributed by atoms with van der Waals surface area (Å²) in [4.78, 5) is 1.39. The fraction of sp³-hybridized carbons (Fsp3) is 0.231. The average Bonchev–Trinajstić information content (AvgIpc) is 2.85. The Hall–Kier alpha value is -1.08. The van der Waals surface area contributed by atoms with Gasteiger partial charge in [0.15, 0.2) is 0 Å². The Bertz CT molecular complexity index is 755. The normalized spacial score (nSPS) is 16.1. The third-order valence-electron chi connectivity index (χ3n) is 3.36. The summed E-state index contributed by atoms with van der Waals surface area (Å²) >= 11 is 7.49. The van der Waals surface area contributed by atoms with E-state index in [0.717, 1.165) is 12.0 Å². The number of nitrogen functional groups attached to an aromatic ring is 1. The summed E-state index contributed by atoms with van der Waals surface area (Å²) in [5.41, 5.74) is 7.07. The summed E-state index contributed by atoms with van der Waals surface area (Å²) in [5, 5.41) is 2.43. The Labute approximate surface area is 126 Å². The Morgan fingerprint density at radius 3 is 2.85 bits per heavy atom. The van der Waals surface area contributed by atoms with Crippen LogP contribution in [0.25, 0.3) is 0 Å². The average molecular weight is 329 g/mol. The number of benzene rings is 1. The topological polar surface area (TPSA) is 63.4 Å². The van der Waals surface area contributed by atoms with Crippen molar-refractivity contribution in [2.24, 2.45) is 0 Å². The van der Waals surface area contributed by atoms with E-state index in [2.05, 4.69) is 0 Å². The monoisotopic (exact) mass is 328 g/mol. The highest BCUT2D eigenvalue weighted by atomic mass is 35.5. The molecule has 7 heteroatoms. The minimum absolute atomic E-state index is 0.126. The molecule has 0 unspecified atom stereocenters. The van der Waals surface area contributed by atoms with E-state index in [4.69, 9.17) is 17.3 Å². The van der Waals surface area contributed by atoms with Crippen molar-refractivity contribution in [2.45, 2.75) is 17.9 Å². The first-order valence-corrected chi connectivity index (χ1v) is 8.78. The SMILES string of the molecule is Nc1cc(Cl)ccc1S(=O)(=O)N1CCc2sccc2C1. The van der Waals surface area contributed by atoms with Gasteiger partial charge in [-0.3, -0.25) is 0 Å². The molecule has 4 nitrogen and oxygen atoms in total. The Morgan fingerprint density at radius 1 is 1.30 bits per heavy atom. The highest BCUT2D eigenvalue weighted by Gasteiger charge is 2.30. The number of fused-ring (bicyclic) bond motifs is 1. The lowest BCUT2D eigenvalue weighted by molar-refractivity contribution is 0.394. The second-order valence-corrected chi connectivity index (χ2v) is 7.98. The largest absolute Gasteiger partial charge is 0.398 e. The van der Waals surface area contributed by atoms with Gasteiger partial charge in [0.2, 0.25) is 10.0 Å². The zero-order valence-corrected chi connectivity index (χ0v) is 12.9. The van der Waals surface area contributed by atoms with Gasteiger partial charge in [-0.1, -0.05) is 11.6 Å². The Kier molecular flexibility index (Phi) is 3.50. The van der Waals surface area contributed by atoms with Crippen molar-refractivity contribution in [2.75, 3.05) is 12.3 Å². The van der Waals surface area contributed by atoms with Crippen LogP contribution < -0.4 is 5.73 Å². The van der Waals surface area contributed by atoms with Crippen LogP contribution in [-0.2, 0) is 23.0 Å². The second kappa shape index (κ2) is 5.04. The molecule has 0 atom stereocenters. The van der Waals surface area contributed by atoms with Gasteiger partial charge < -0.3 is 5.73 Å². The fourth-order valence-electron chi connectivity index (χ4n) is 2.32. The fourth-order valence-corrected chi connectivity index (χ4v) is 4.91. The van der Waals surface area contributed by atoms with E-state index in [1.807, 2.05) is 11.4 Å². The van der Waals surface area contributed by atoms with Crippen LogP contribution in [0.3, 0.4) is 0 Å². The van der Waals surface area contributed by atoms with E-state index >= 15 is 0 Å². The van der Waals surface area contributed by atoms with Crippen molar-refractivity contribution in [1.82, 2.24) is 4.31 Å². The molecule has 2 N–H and O–H groups in total. The van der Waals surface area contributed by atoms with Crippen molar-refractivity contribution in [3.63, 3.8) is 0 Å². The molecular formula is C13H13ClN2O2S2. The van der Waals surface area contributed by atoms with Gasteiger partial charge in [-0.05, 0) is 41.6 Å². The first-order chi connectivity index (χ1) is 9.48. The van der Waals surface area contributed by atoms with Crippen molar-refractivity contribution in [3.05, 3.63) is 45.1 Å². The standard InChI is InChI=1S/C13H13ClN2O2S2/c14-10-1-2-13(11(15)7-10)20(17,18)16-5-3-12-9(8-16)4-6-19-12/h1-2,4,6-7H,3,5,8,15H2. The van der Waals surface area contributed by atoms with Gasteiger partial charge in [0, 0.05) is 23.0 Å². The predicted octanol–water partition coefficient (Wildman–Crippen LogP) is 2.73. The van der Waals surface area contributed by atoms with E-state index in [9.17, 15) is 8.42 Å². The van der Waals surface area contributed by atoms with Crippen LogP contribution in [0.1, 0.15) is 10.4 Å². The minimum Gasteiger partial charge on any atom is -0.398 e. The molecule has 0 spiro atoms. The summed E-state index contributed by atoms with van der Waals surface area (Å²) in [6.45, 7) is 0.890. The molecule has 1 aliphatic heterocycles. The maximum Gasteiger partial charge on any atom is 0.245 e. The van der Waals surface area contributed by atoms with Crippen LogP contribution in [0, 0.1) is 0 Å². The zero-order valence-electron chi connectivity index (χ0n) is 10.5. The van der Waals surface area contributed by atoms with Crippen LogP contribution in [0.2, 0.25) is 5.02 Å². The first kappa shape index (κ1) is 13.9. The smallest absolute Gasteiger partial charge is 0.245 e. The summed E-state index contributed by atoms with van der Waals surface area (Å²) in [6, 6.07) is 6.46. The van der Waals surface area contributed by atoms with Crippen LogP contribution in [0.15, 0.2) is 34.5 Å². The Morgan fingerprint density at radius 2 is 2.10 bits per heavy atom. The third-order valence-corrected chi connectivity index (χ3v) is 6.54. The lowest BCUT2D eigenvalue weighted by Gasteiger charge is -2.26. The number of anilines is 1. The molecule has 3 rings (SSSR count). The second-order valence-electron chi connectivity index (χ2n) is 4.64. The van der Waals surface area contributed by atoms with E-state index in [1.165, 1.54) is 21.3 Å². The summed E-state index contributed by atoms with van der Waals surface area (Å²) < 4.78 is 26.8. The van der Waals surface area contributed by atoms with Crippen molar-refractivity contribution < 1.29 is 8.42 Å². The predicted molar refractivity (Wildman–Crippen MR) is 81.5 cm³/mol. The molecule has 0 fully saturated rings. The molecular weight excluding hydrogens is 316 g/mol. The van der Waals surface area contributed by atoms with Crippen LogP contribution in [-0.4, -0.2) is 19.3 Å². The van der Waals surface area contributed by atoms with Gasteiger partial charge in [0.1, 0.15) is 4.90 Å². The molecule has 0 radical (unpaired) electrons. The number of hydrogen-bond donors (Lipinski definition) is 1. The molecule has 0 amide bonds. The summed E-state index contributed by atoms with van der Waals surface area (Å²) in [7, 11) is -3.58. The molecule has 2 heterocycles. The molecule has 0 saturated carbocycles. The lowest BCUT2D eigenvalue weighted by Crippen LogP contribution is -2.35. The zero-order chi connectivity index (χ0) is 14.3. The van der Waals surface area contributed by atoms with E-state index < -0.39 is 10.0 Å². The number of nitrogens with two attached hydrogens (primary N) is 1. The van der Waals surface area contributed by atoms with Crippen LogP contribution in [0.5, 0.6) is 0 Å². The number of nitrogens with zero attached hydrogens (tertiary/aromatic N) is 1. The molecule has 0 saturated heterocycles. The van der Waals surface area contributed by atoms with E-state index in [-0.39, 0.29) is 10.6 Å². The quantitative estimate of drug-likeness (QED) is 0.862. The molecule has 1 aromatic heterocycles. The molecule has 106 valence electrons. The van der Waals surface area contributed by atoms with Crippen molar-refractivity contribution in [1.29, 1.82) is 0 Å². The molecule has 2 aromatic rings. The number of rotatable bonds is 2. The lowest BCUT2D eigenvalue weighted by atomic mass is 10.1. The molecule has 0 bridgehead atoms. The van der Waals surface area contributed by atoms with Crippen molar-refractivity contribution >= 4 is 38.6 Å². The van der Waals surface area contributed by atoms with Gasteiger partial charge in [-0.25, -0.2) is 8.42 Å². The van der Waals surface area contributed by atoms with E-state index in [0.29, 0.717) is 18.1 Å². The number of hydrogen-bond acceptors (Lipinski definition) is 4. The van der Waals surface area contributed by atoms with Gasteiger partial charge >= 0.3 is 0 Å². The minimum atomic E-state index is -3.58. The van der Waals surface area contributed by atoms with Crippen LogP contribution in [0.4, 0.5) is 5.69 Å². The molecule has 1 aromatic carbocycles. The third kappa shape index (κ3) is 2.33. The number of sulfonamides is 1. The summed E-state index contributed by atoms with van der Waals surface area (Å²) in [6.07, 6.45) is 0.750. The highest BCUT2D eigenvalue weighted by molar-refractivity contribution is 7.89. The van der Waals surface area contributed by atoms with Gasteiger partial charge in [-0.15, -0.1) is 11.3 Å². The molecule has 0 aliphatic carbocycles. The van der Waals surface area contributed by atoms with Gasteiger partial charge in [0.25, 0.3) is 0 Å².